The summed E-state index contributed by atoms with van der Waals surface area (Å²) in [5.74, 6) is 2.56. The van der Waals surface area contributed by atoms with Crippen LogP contribution in [-0.4, -0.2) is 67.2 Å². The van der Waals surface area contributed by atoms with Crippen molar-refractivity contribution < 1.29 is 9.53 Å². The van der Waals surface area contributed by atoms with Crippen LogP contribution in [0.5, 0.6) is 5.75 Å². The number of aromatic nitrogens is 2. The third-order valence-corrected chi connectivity index (χ3v) is 8.03. The van der Waals surface area contributed by atoms with Crippen molar-refractivity contribution in [2.45, 2.75) is 30.2 Å². The number of rotatable bonds is 7. The standard InChI is InChI=1S/C28H32ClN5O2S/c1-36-24-11-9-23(10-12-24)32-15-17-34(18-16-32)27(35)22-7-5-21(6-8-22)20-37-28-30-25(29)19-26(31-28)33-13-3-2-4-14-33/h5-12,19H,2-4,13-18,20H2,1H3. The molecule has 5 rings (SSSR count). The number of thioether (sulfide) groups is 1. The molecule has 0 radical (unpaired) electrons. The summed E-state index contributed by atoms with van der Waals surface area (Å²) in [7, 11) is 1.67. The Hall–Kier alpha value is -2.97. The molecule has 0 spiro atoms. The average Bonchev–Trinajstić information content (AvgIpc) is 2.96. The lowest BCUT2D eigenvalue weighted by Gasteiger charge is -2.36. The number of anilines is 2. The van der Waals surface area contributed by atoms with E-state index in [0.717, 1.165) is 60.3 Å². The Bertz CT molecular complexity index is 1190. The van der Waals surface area contributed by atoms with E-state index in [0.29, 0.717) is 23.4 Å². The normalized spacial score (nSPS) is 16.1. The minimum absolute atomic E-state index is 0.0814. The second kappa shape index (κ2) is 12.0. The molecule has 2 saturated heterocycles. The number of ether oxygens (including phenoxy) is 1. The summed E-state index contributed by atoms with van der Waals surface area (Å²) in [5, 5.41) is 1.16. The molecule has 0 atom stereocenters. The van der Waals surface area contributed by atoms with Crippen molar-refractivity contribution in [1.29, 1.82) is 0 Å². The fourth-order valence-corrected chi connectivity index (χ4v) is 5.81. The summed E-state index contributed by atoms with van der Waals surface area (Å²) in [5.41, 5.74) is 2.99. The van der Waals surface area contributed by atoms with E-state index in [9.17, 15) is 4.79 Å². The molecule has 3 heterocycles. The minimum Gasteiger partial charge on any atom is -0.497 e. The molecule has 2 aliphatic rings. The van der Waals surface area contributed by atoms with E-state index in [-0.39, 0.29) is 5.91 Å². The first-order valence-electron chi connectivity index (χ1n) is 12.8. The summed E-state index contributed by atoms with van der Waals surface area (Å²) in [4.78, 5) is 28.8. The van der Waals surface area contributed by atoms with Gasteiger partial charge in [-0.05, 0) is 61.2 Å². The molecule has 194 valence electrons. The Morgan fingerprint density at radius 1 is 0.892 bits per heavy atom. The molecule has 2 aromatic carbocycles. The van der Waals surface area contributed by atoms with Crippen molar-refractivity contribution in [3.05, 3.63) is 70.9 Å². The van der Waals surface area contributed by atoms with Crippen LogP contribution in [0.4, 0.5) is 11.5 Å². The van der Waals surface area contributed by atoms with Crippen molar-refractivity contribution in [1.82, 2.24) is 14.9 Å². The van der Waals surface area contributed by atoms with Gasteiger partial charge in [0.05, 0.1) is 7.11 Å². The van der Waals surface area contributed by atoms with Gasteiger partial charge in [0.2, 0.25) is 0 Å². The van der Waals surface area contributed by atoms with Crippen LogP contribution in [-0.2, 0) is 5.75 Å². The summed E-state index contributed by atoms with van der Waals surface area (Å²) < 4.78 is 5.25. The van der Waals surface area contributed by atoms with Crippen LogP contribution in [0.2, 0.25) is 5.15 Å². The smallest absolute Gasteiger partial charge is 0.253 e. The molecule has 0 unspecified atom stereocenters. The van der Waals surface area contributed by atoms with E-state index >= 15 is 0 Å². The molecule has 1 aromatic heterocycles. The van der Waals surface area contributed by atoms with Crippen molar-refractivity contribution in [2.24, 2.45) is 0 Å². The molecule has 2 aliphatic heterocycles. The van der Waals surface area contributed by atoms with Gasteiger partial charge in [-0.15, -0.1) is 0 Å². The number of piperidine rings is 1. The molecule has 1 amide bonds. The maximum atomic E-state index is 13.1. The molecule has 37 heavy (non-hydrogen) atoms. The molecule has 0 bridgehead atoms. The van der Waals surface area contributed by atoms with Gasteiger partial charge in [0.25, 0.3) is 5.91 Å². The van der Waals surface area contributed by atoms with Gasteiger partial charge in [0, 0.05) is 62.3 Å². The highest BCUT2D eigenvalue weighted by Gasteiger charge is 2.22. The number of hydrogen-bond donors (Lipinski definition) is 0. The monoisotopic (exact) mass is 537 g/mol. The molecule has 2 fully saturated rings. The summed E-state index contributed by atoms with van der Waals surface area (Å²) in [6.07, 6.45) is 3.65. The van der Waals surface area contributed by atoms with Crippen molar-refractivity contribution in [3.8, 4) is 5.75 Å². The highest BCUT2D eigenvalue weighted by molar-refractivity contribution is 7.98. The zero-order valence-corrected chi connectivity index (χ0v) is 22.7. The number of piperazine rings is 1. The number of nitrogens with zero attached hydrogens (tertiary/aromatic N) is 5. The van der Waals surface area contributed by atoms with E-state index in [1.165, 1.54) is 19.3 Å². The fourth-order valence-electron chi connectivity index (χ4n) is 4.77. The van der Waals surface area contributed by atoms with E-state index in [2.05, 4.69) is 26.9 Å². The number of carbonyl (C=O) groups excluding carboxylic acids is 1. The molecule has 0 N–H and O–H groups in total. The molecule has 3 aromatic rings. The predicted octanol–water partition coefficient (Wildman–Crippen LogP) is 5.38. The number of hydrogen-bond acceptors (Lipinski definition) is 7. The summed E-state index contributed by atoms with van der Waals surface area (Å²) in [6, 6.07) is 17.8. The van der Waals surface area contributed by atoms with Gasteiger partial charge in [-0.3, -0.25) is 4.79 Å². The number of halogens is 1. The first kappa shape index (κ1) is 25.7. The van der Waals surface area contributed by atoms with Crippen LogP contribution in [0.3, 0.4) is 0 Å². The van der Waals surface area contributed by atoms with E-state index in [4.69, 9.17) is 21.3 Å². The zero-order chi connectivity index (χ0) is 25.6. The van der Waals surface area contributed by atoms with Crippen LogP contribution in [0.15, 0.2) is 59.8 Å². The van der Waals surface area contributed by atoms with Crippen LogP contribution < -0.4 is 14.5 Å². The molecular weight excluding hydrogens is 506 g/mol. The van der Waals surface area contributed by atoms with E-state index in [1.54, 1.807) is 18.9 Å². The first-order chi connectivity index (χ1) is 18.1. The fraction of sp³-hybridized carbons (Fsp3) is 0.393. The van der Waals surface area contributed by atoms with Gasteiger partial charge < -0.3 is 19.4 Å². The van der Waals surface area contributed by atoms with Crippen molar-refractivity contribution in [3.63, 3.8) is 0 Å². The molecule has 7 nitrogen and oxygen atoms in total. The van der Waals surface area contributed by atoms with Gasteiger partial charge in [-0.2, -0.15) is 0 Å². The lowest BCUT2D eigenvalue weighted by molar-refractivity contribution is 0.0747. The predicted molar refractivity (Wildman–Crippen MR) is 150 cm³/mol. The third kappa shape index (κ3) is 6.48. The number of amides is 1. The van der Waals surface area contributed by atoms with E-state index in [1.807, 2.05) is 47.4 Å². The SMILES string of the molecule is COc1ccc(N2CCN(C(=O)c3ccc(CSc4nc(Cl)cc(N5CCCCC5)n4)cc3)CC2)cc1. The largest absolute Gasteiger partial charge is 0.497 e. The van der Waals surface area contributed by atoms with Crippen molar-refractivity contribution in [2.75, 3.05) is 56.2 Å². The highest BCUT2D eigenvalue weighted by atomic mass is 35.5. The maximum absolute atomic E-state index is 13.1. The van der Waals surface area contributed by atoms with Crippen LogP contribution in [0.1, 0.15) is 35.2 Å². The van der Waals surface area contributed by atoms with Gasteiger partial charge in [-0.25, -0.2) is 9.97 Å². The average molecular weight is 538 g/mol. The first-order valence-corrected chi connectivity index (χ1v) is 14.1. The Kier molecular flexibility index (Phi) is 8.36. The molecule has 0 aliphatic carbocycles. The Morgan fingerprint density at radius 2 is 1.59 bits per heavy atom. The molecule has 9 heteroatoms. The van der Waals surface area contributed by atoms with Crippen LogP contribution >= 0.6 is 23.4 Å². The van der Waals surface area contributed by atoms with Crippen LogP contribution in [0, 0.1) is 0 Å². The summed E-state index contributed by atoms with van der Waals surface area (Å²) in [6.45, 7) is 5.06. The van der Waals surface area contributed by atoms with Crippen LogP contribution in [0.25, 0.3) is 0 Å². The number of carbonyl (C=O) groups is 1. The number of benzene rings is 2. The Morgan fingerprint density at radius 3 is 2.27 bits per heavy atom. The van der Waals surface area contributed by atoms with Gasteiger partial charge in [0.15, 0.2) is 5.16 Å². The minimum atomic E-state index is 0.0814. The third-order valence-electron chi connectivity index (χ3n) is 6.91. The highest BCUT2D eigenvalue weighted by Crippen LogP contribution is 2.27. The lowest BCUT2D eigenvalue weighted by atomic mass is 10.1. The zero-order valence-electron chi connectivity index (χ0n) is 21.1. The van der Waals surface area contributed by atoms with Gasteiger partial charge >= 0.3 is 0 Å². The second-order valence-electron chi connectivity index (χ2n) is 9.34. The quantitative estimate of drug-likeness (QED) is 0.228. The Balaban J connectivity index is 1.14. The lowest BCUT2D eigenvalue weighted by Crippen LogP contribution is -2.48. The van der Waals surface area contributed by atoms with Gasteiger partial charge in [0.1, 0.15) is 16.7 Å². The topological polar surface area (TPSA) is 61.8 Å². The van der Waals surface area contributed by atoms with Crippen molar-refractivity contribution >= 4 is 40.8 Å². The summed E-state index contributed by atoms with van der Waals surface area (Å²) >= 11 is 7.86. The van der Waals surface area contributed by atoms with E-state index < -0.39 is 0 Å². The molecular formula is C28H32ClN5O2S. The number of methoxy groups -OCH3 is 1. The second-order valence-corrected chi connectivity index (χ2v) is 10.7. The Labute approximate surface area is 227 Å². The molecule has 0 saturated carbocycles. The maximum Gasteiger partial charge on any atom is 0.253 e. The van der Waals surface area contributed by atoms with Gasteiger partial charge in [-0.1, -0.05) is 35.5 Å².